The van der Waals surface area contributed by atoms with Crippen LogP contribution in [0.4, 0.5) is 16.2 Å². The molecule has 0 radical (unpaired) electrons. The minimum atomic E-state index is -0.417. The summed E-state index contributed by atoms with van der Waals surface area (Å²) in [5, 5.41) is 6.06. The fraction of sp³-hybridized carbons (Fsp3) is 0.533. The molecule has 4 heteroatoms. The average Bonchev–Trinajstić information content (AvgIpc) is 2.38. The first-order valence-corrected chi connectivity index (χ1v) is 6.93. The Kier molecular flexibility index (Phi) is 6.79. The summed E-state index contributed by atoms with van der Waals surface area (Å²) in [6.45, 7) is 7.57. The summed E-state index contributed by atoms with van der Waals surface area (Å²) in [4.78, 5) is 11.2. The molecule has 0 aliphatic carbocycles. The van der Waals surface area contributed by atoms with Crippen LogP contribution in [-0.4, -0.2) is 19.2 Å². The summed E-state index contributed by atoms with van der Waals surface area (Å²) >= 11 is 0. The van der Waals surface area contributed by atoms with Crippen molar-refractivity contribution < 1.29 is 9.53 Å². The first-order chi connectivity index (χ1) is 9.15. The third-order valence-corrected chi connectivity index (χ3v) is 2.84. The summed E-state index contributed by atoms with van der Waals surface area (Å²) in [5.41, 5.74) is 1.81. The lowest BCUT2D eigenvalue weighted by molar-refractivity contribution is 0.168. The fourth-order valence-corrected chi connectivity index (χ4v) is 1.84. The Hall–Kier alpha value is -1.71. The van der Waals surface area contributed by atoms with Crippen molar-refractivity contribution in [1.82, 2.24) is 0 Å². The largest absolute Gasteiger partial charge is 0.450 e. The number of carbonyl (C=O) groups excluding carboxylic acids is 1. The van der Waals surface area contributed by atoms with E-state index in [1.807, 2.05) is 24.3 Å². The zero-order valence-electron chi connectivity index (χ0n) is 12.0. The highest BCUT2D eigenvalue weighted by Crippen LogP contribution is 2.15. The number of benzene rings is 1. The Morgan fingerprint density at radius 1 is 1.21 bits per heavy atom. The van der Waals surface area contributed by atoms with E-state index in [9.17, 15) is 4.79 Å². The Morgan fingerprint density at radius 3 is 2.42 bits per heavy atom. The third kappa shape index (κ3) is 6.13. The summed E-state index contributed by atoms with van der Waals surface area (Å²) in [6.07, 6.45) is 2.03. The number of hydrogen-bond donors (Lipinski definition) is 2. The van der Waals surface area contributed by atoms with Gasteiger partial charge in [0.1, 0.15) is 0 Å². The van der Waals surface area contributed by atoms with Crippen molar-refractivity contribution in [3.8, 4) is 0 Å². The number of amides is 1. The molecule has 19 heavy (non-hydrogen) atoms. The van der Waals surface area contributed by atoms with Crippen molar-refractivity contribution in [2.24, 2.45) is 5.92 Å². The van der Waals surface area contributed by atoms with Gasteiger partial charge in [-0.3, -0.25) is 5.32 Å². The van der Waals surface area contributed by atoms with Crippen LogP contribution in [0.3, 0.4) is 0 Å². The van der Waals surface area contributed by atoms with Gasteiger partial charge in [0.25, 0.3) is 0 Å². The zero-order valence-corrected chi connectivity index (χ0v) is 12.0. The molecule has 1 atom stereocenters. The number of nitrogens with one attached hydrogen (secondary N) is 2. The highest BCUT2D eigenvalue weighted by molar-refractivity contribution is 5.84. The topological polar surface area (TPSA) is 50.4 Å². The summed E-state index contributed by atoms with van der Waals surface area (Å²) in [6, 6.07) is 7.65. The van der Waals surface area contributed by atoms with Crippen molar-refractivity contribution in [3.05, 3.63) is 24.3 Å². The fourth-order valence-electron chi connectivity index (χ4n) is 1.84. The monoisotopic (exact) mass is 264 g/mol. The Morgan fingerprint density at radius 2 is 1.84 bits per heavy atom. The molecule has 0 saturated heterocycles. The van der Waals surface area contributed by atoms with E-state index in [1.54, 1.807) is 6.92 Å². The molecule has 1 aromatic carbocycles. The average molecular weight is 264 g/mol. The smallest absolute Gasteiger partial charge is 0.411 e. The minimum absolute atomic E-state index is 0.376. The van der Waals surface area contributed by atoms with Crippen LogP contribution in [0.2, 0.25) is 0 Å². The molecule has 0 spiro atoms. The number of anilines is 2. The van der Waals surface area contributed by atoms with Crippen molar-refractivity contribution in [2.75, 3.05) is 23.8 Å². The third-order valence-electron chi connectivity index (χ3n) is 2.84. The molecule has 4 nitrogen and oxygen atoms in total. The van der Waals surface area contributed by atoms with Crippen molar-refractivity contribution >= 4 is 17.5 Å². The highest BCUT2D eigenvalue weighted by Gasteiger charge is 2.03. The van der Waals surface area contributed by atoms with E-state index >= 15 is 0 Å². The lowest BCUT2D eigenvalue weighted by atomic mass is 10.1. The van der Waals surface area contributed by atoms with Crippen molar-refractivity contribution in [3.63, 3.8) is 0 Å². The van der Waals surface area contributed by atoms with Crippen LogP contribution in [0, 0.1) is 5.92 Å². The van der Waals surface area contributed by atoms with Gasteiger partial charge in [0.05, 0.1) is 6.61 Å². The molecule has 1 rings (SSSR count). The maximum Gasteiger partial charge on any atom is 0.411 e. The van der Waals surface area contributed by atoms with Gasteiger partial charge in [0.15, 0.2) is 0 Å². The Balaban J connectivity index is 2.41. The molecular weight excluding hydrogens is 240 g/mol. The first-order valence-electron chi connectivity index (χ1n) is 6.93. The van der Waals surface area contributed by atoms with Crippen LogP contribution in [0.15, 0.2) is 24.3 Å². The van der Waals surface area contributed by atoms with Crippen LogP contribution >= 0.6 is 0 Å². The molecule has 0 fully saturated rings. The van der Waals surface area contributed by atoms with E-state index in [4.69, 9.17) is 4.74 Å². The standard InChI is InChI=1S/C15H24N2O2/c1-4-6-12(3)11-16-13-7-9-14(10-8-13)17-15(18)19-5-2/h7-10,12,16H,4-6,11H2,1-3H3,(H,17,18). The molecule has 0 heterocycles. The number of rotatable bonds is 7. The second-order valence-corrected chi connectivity index (χ2v) is 4.70. The van der Waals surface area contributed by atoms with Gasteiger partial charge in [0, 0.05) is 17.9 Å². The molecule has 0 saturated carbocycles. The van der Waals surface area contributed by atoms with Gasteiger partial charge in [-0.15, -0.1) is 0 Å². The molecule has 0 aliphatic heterocycles. The van der Waals surface area contributed by atoms with Gasteiger partial charge >= 0.3 is 6.09 Å². The maximum absolute atomic E-state index is 11.2. The number of ether oxygens (including phenoxy) is 1. The van der Waals surface area contributed by atoms with E-state index in [0.29, 0.717) is 12.5 Å². The zero-order chi connectivity index (χ0) is 14.1. The van der Waals surface area contributed by atoms with E-state index in [0.717, 1.165) is 17.9 Å². The van der Waals surface area contributed by atoms with E-state index in [2.05, 4.69) is 24.5 Å². The quantitative estimate of drug-likeness (QED) is 0.779. The molecule has 1 aromatic rings. The lowest BCUT2D eigenvalue weighted by Gasteiger charge is -2.13. The van der Waals surface area contributed by atoms with Crippen LogP contribution in [-0.2, 0) is 4.74 Å². The number of carbonyl (C=O) groups is 1. The molecule has 1 unspecified atom stereocenters. The molecular formula is C15H24N2O2. The summed E-state index contributed by atoms with van der Waals surface area (Å²) in [7, 11) is 0. The van der Waals surface area contributed by atoms with Crippen molar-refractivity contribution in [2.45, 2.75) is 33.6 Å². The Bertz CT molecular complexity index is 376. The predicted octanol–water partition coefficient (Wildman–Crippen LogP) is 4.10. The molecule has 0 bridgehead atoms. The van der Waals surface area contributed by atoms with E-state index < -0.39 is 6.09 Å². The highest BCUT2D eigenvalue weighted by atomic mass is 16.5. The van der Waals surface area contributed by atoms with Gasteiger partial charge < -0.3 is 10.1 Å². The lowest BCUT2D eigenvalue weighted by Crippen LogP contribution is -2.13. The van der Waals surface area contributed by atoms with E-state index in [1.165, 1.54) is 12.8 Å². The number of hydrogen-bond acceptors (Lipinski definition) is 3. The van der Waals surface area contributed by atoms with Gasteiger partial charge in [-0.1, -0.05) is 20.3 Å². The second kappa shape index (κ2) is 8.40. The SMILES string of the molecule is CCCC(C)CNc1ccc(NC(=O)OCC)cc1. The van der Waals surface area contributed by atoms with Crippen LogP contribution in [0.25, 0.3) is 0 Å². The maximum atomic E-state index is 11.2. The normalized spacial score (nSPS) is 11.7. The Labute approximate surface area is 115 Å². The molecule has 2 N–H and O–H groups in total. The van der Waals surface area contributed by atoms with E-state index in [-0.39, 0.29) is 0 Å². The first kappa shape index (κ1) is 15.3. The second-order valence-electron chi connectivity index (χ2n) is 4.70. The predicted molar refractivity (Wildman–Crippen MR) is 79.6 cm³/mol. The van der Waals surface area contributed by atoms with Crippen LogP contribution in [0.1, 0.15) is 33.6 Å². The molecule has 0 aromatic heterocycles. The molecule has 106 valence electrons. The van der Waals surface area contributed by atoms with Crippen LogP contribution in [0.5, 0.6) is 0 Å². The molecule has 1 amide bonds. The van der Waals surface area contributed by atoms with Gasteiger partial charge in [-0.05, 0) is 43.5 Å². The van der Waals surface area contributed by atoms with Gasteiger partial charge in [-0.2, -0.15) is 0 Å². The van der Waals surface area contributed by atoms with Crippen LogP contribution < -0.4 is 10.6 Å². The summed E-state index contributed by atoms with van der Waals surface area (Å²) in [5.74, 6) is 0.669. The minimum Gasteiger partial charge on any atom is -0.450 e. The van der Waals surface area contributed by atoms with Crippen molar-refractivity contribution in [1.29, 1.82) is 0 Å². The van der Waals surface area contributed by atoms with Gasteiger partial charge in [-0.25, -0.2) is 4.79 Å². The molecule has 0 aliphatic rings. The van der Waals surface area contributed by atoms with Gasteiger partial charge in [0.2, 0.25) is 0 Å². The summed E-state index contributed by atoms with van der Waals surface area (Å²) < 4.78 is 4.82.